The summed E-state index contributed by atoms with van der Waals surface area (Å²) in [6, 6.07) is 15.1. The van der Waals surface area contributed by atoms with Crippen molar-refractivity contribution in [3.8, 4) is 5.75 Å². The Labute approximate surface area is 170 Å². The molecule has 1 aliphatic heterocycles. The highest BCUT2D eigenvalue weighted by Crippen LogP contribution is 2.10. The summed E-state index contributed by atoms with van der Waals surface area (Å²) < 4.78 is 18.6. The van der Waals surface area contributed by atoms with E-state index < -0.39 is 0 Å². The molecule has 29 heavy (non-hydrogen) atoms. The standard InChI is InChI=1S/C22H26FN3O3/c23-19-9-7-18(8-10-19)22(28)26-13-4-12-25(14-15-26)17-21(27)24-11-16-29-20-5-2-1-3-6-20/h1-3,5-10H,4,11-17H2,(H,24,27). The number of ether oxygens (including phenoxy) is 1. The number of carbonyl (C=O) groups is 2. The Morgan fingerprint density at radius 2 is 1.72 bits per heavy atom. The third-order valence-corrected chi connectivity index (χ3v) is 4.77. The molecule has 1 N–H and O–H groups in total. The van der Waals surface area contributed by atoms with Gasteiger partial charge < -0.3 is 15.0 Å². The van der Waals surface area contributed by atoms with E-state index in [-0.39, 0.29) is 17.6 Å². The highest BCUT2D eigenvalue weighted by molar-refractivity contribution is 5.94. The average molecular weight is 399 g/mol. The maximum Gasteiger partial charge on any atom is 0.253 e. The summed E-state index contributed by atoms with van der Waals surface area (Å²) in [5.74, 6) is 0.262. The average Bonchev–Trinajstić information content (AvgIpc) is 2.97. The minimum absolute atomic E-state index is 0.0556. The second kappa shape index (κ2) is 10.6. The SMILES string of the molecule is O=C(CN1CCCN(C(=O)c2ccc(F)cc2)CC1)NCCOc1ccccc1. The molecule has 1 fully saturated rings. The minimum Gasteiger partial charge on any atom is -0.492 e. The van der Waals surface area contributed by atoms with Crippen LogP contribution in [0.3, 0.4) is 0 Å². The number of halogens is 1. The summed E-state index contributed by atoms with van der Waals surface area (Å²) in [5.41, 5.74) is 0.482. The third-order valence-electron chi connectivity index (χ3n) is 4.77. The van der Waals surface area contributed by atoms with Gasteiger partial charge in [0.1, 0.15) is 18.2 Å². The number of rotatable bonds is 7. The molecule has 7 heteroatoms. The van der Waals surface area contributed by atoms with Gasteiger partial charge in [0.25, 0.3) is 5.91 Å². The maximum absolute atomic E-state index is 13.1. The Morgan fingerprint density at radius 3 is 2.48 bits per heavy atom. The Morgan fingerprint density at radius 1 is 0.966 bits per heavy atom. The van der Waals surface area contributed by atoms with Crippen LogP contribution in [-0.4, -0.2) is 67.5 Å². The fourth-order valence-electron chi connectivity index (χ4n) is 3.24. The second-order valence-electron chi connectivity index (χ2n) is 6.94. The molecule has 0 spiro atoms. The molecule has 154 valence electrons. The van der Waals surface area contributed by atoms with Gasteiger partial charge in [0.15, 0.2) is 0 Å². The van der Waals surface area contributed by atoms with E-state index >= 15 is 0 Å². The summed E-state index contributed by atoms with van der Waals surface area (Å²) in [6.07, 6.45) is 0.789. The molecule has 1 heterocycles. The Hall–Kier alpha value is -2.93. The van der Waals surface area contributed by atoms with E-state index in [4.69, 9.17) is 4.74 Å². The molecular weight excluding hydrogens is 373 g/mol. The van der Waals surface area contributed by atoms with E-state index in [0.717, 1.165) is 18.7 Å². The normalized spacial score (nSPS) is 14.9. The first-order valence-corrected chi connectivity index (χ1v) is 9.83. The number of hydrogen-bond donors (Lipinski definition) is 1. The van der Waals surface area contributed by atoms with Gasteiger partial charge in [-0.1, -0.05) is 18.2 Å². The number of para-hydroxylation sites is 1. The molecule has 0 atom stereocenters. The lowest BCUT2D eigenvalue weighted by Crippen LogP contribution is -2.41. The zero-order valence-corrected chi connectivity index (χ0v) is 16.4. The largest absolute Gasteiger partial charge is 0.492 e. The molecule has 0 bridgehead atoms. The lowest BCUT2D eigenvalue weighted by molar-refractivity contribution is -0.122. The van der Waals surface area contributed by atoms with Crippen LogP contribution in [-0.2, 0) is 4.79 Å². The molecule has 2 amide bonds. The summed E-state index contributed by atoms with van der Waals surface area (Å²) in [5, 5.41) is 2.86. The van der Waals surface area contributed by atoms with Gasteiger partial charge in [0, 0.05) is 31.7 Å². The van der Waals surface area contributed by atoms with Crippen LogP contribution in [0, 0.1) is 5.82 Å². The molecule has 6 nitrogen and oxygen atoms in total. The van der Waals surface area contributed by atoms with E-state index in [0.29, 0.717) is 44.9 Å². The first-order chi connectivity index (χ1) is 14.1. The van der Waals surface area contributed by atoms with Crippen LogP contribution < -0.4 is 10.1 Å². The molecule has 0 aliphatic carbocycles. The number of benzene rings is 2. The van der Waals surface area contributed by atoms with Crippen molar-refractivity contribution in [3.05, 3.63) is 66.0 Å². The van der Waals surface area contributed by atoms with Gasteiger partial charge in [0.05, 0.1) is 13.1 Å². The molecule has 1 aliphatic rings. The van der Waals surface area contributed by atoms with Gasteiger partial charge >= 0.3 is 0 Å². The molecule has 2 aromatic rings. The first kappa shape index (κ1) is 20.8. The van der Waals surface area contributed by atoms with E-state index in [2.05, 4.69) is 5.32 Å². The van der Waals surface area contributed by atoms with Gasteiger partial charge in [-0.2, -0.15) is 0 Å². The zero-order chi connectivity index (χ0) is 20.5. The Kier molecular flexibility index (Phi) is 7.58. The maximum atomic E-state index is 13.1. The fraction of sp³-hybridized carbons (Fsp3) is 0.364. The molecule has 0 aromatic heterocycles. The molecular formula is C22H26FN3O3. The van der Waals surface area contributed by atoms with E-state index in [9.17, 15) is 14.0 Å². The minimum atomic E-state index is -0.358. The smallest absolute Gasteiger partial charge is 0.253 e. The predicted molar refractivity (Wildman–Crippen MR) is 108 cm³/mol. The van der Waals surface area contributed by atoms with Crippen LogP contribution in [0.5, 0.6) is 5.75 Å². The predicted octanol–water partition coefficient (Wildman–Crippen LogP) is 2.17. The van der Waals surface area contributed by atoms with Gasteiger partial charge in [-0.25, -0.2) is 4.39 Å². The lowest BCUT2D eigenvalue weighted by atomic mass is 10.2. The van der Waals surface area contributed by atoms with Crippen LogP contribution in [0.1, 0.15) is 16.8 Å². The topological polar surface area (TPSA) is 61.9 Å². The van der Waals surface area contributed by atoms with E-state index in [1.54, 1.807) is 4.90 Å². The van der Waals surface area contributed by atoms with Crippen LogP contribution in [0.4, 0.5) is 4.39 Å². The van der Waals surface area contributed by atoms with E-state index in [1.165, 1.54) is 24.3 Å². The number of nitrogens with one attached hydrogen (secondary N) is 1. The number of carbonyl (C=O) groups excluding carboxylic acids is 2. The van der Waals surface area contributed by atoms with Gasteiger partial charge in [-0.15, -0.1) is 0 Å². The van der Waals surface area contributed by atoms with Crippen LogP contribution in [0.15, 0.2) is 54.6 Å². The summed E-state index contributed by atoms with van der Waals surface area (Å²) in [7, 11) is 0. The summed E-state index contributed by atoms with van der Waals surface area (Å²) >= 11 is 0. The van der Waals surface area contributed by atoms with Crippen molar-refractivity contribution in [1.29, 1.82) is 0 Å². The molecule has 1 saturated heterocycles. The Bertz CT molecular complexity index is 799. The zero-order valence-electron chi connectivity index (χ0n) is 16.4. The van der Waals surface area contributed by atoms with Gasteiger partial charge in [-0.3, -0.25) is 14.5 Å². The molecule has 0 radical (unpaired) electrons. The second-order valence-corrected chi connectivity index (χ2v) is 6.94. The fourth-order valence-corrected chi connectivity index (χ4v) is 3.24. The highest BCUT2D eigenvalue weighted by Gasteiger charge is 2.21. The monoisotopic (exact) mass is 399 g/mol. The highest BCUT2D eigenvalue weighted by atomic mass is 19.1. The third kappa shape index (κ3) is 6.57. The van der Waals surface area contributed by atoms with Crippen molar-refractivity contribution in [2.75, 3.05) is 45.9 Å². The first-order valence-electron chi connectivity index (χ1n) is 9.83. The van der Waals surface area contributed by atoms with Crippen molar-refractivity contribution in [2.24, 2.45) is 0 Å². The van der Waals surface area contributed by atoms with Gasteiger partial charge in [0.2, 0.25) is 5.91 Å². The number of amides is 2. The Balaban J connectivity index is 1.38. The van der Waals surface area contributed by atoms with Gasteiger partial charge in [-0.05, 0) is 42.8 Å². The molecule has 0 saturated carbocycles. The van der Waals surface area contributed by atoms with Crippen molar-refractivity contribution < 1.29 is 18.7 Å². The van der Waals surface area contributed by atoms with Crippen molar-refractivity contribution in [3.63, 3.8) is 0 Å². The number of hydrogen-bond acceptors (Lipinski definition) is 4. The van der Waals surface area contributed by atoms with Crippen molar-refractivity contribution in [2.45, 2.75) is 6.42 Å². The summed E-state index contributed by atoms with van der Waals surface area (Å²) in [4.78, 5) is 28.6. The van der Waals surface area contributed by atoms with Crippen molar-refractivity contribution >= 4 is 11.8 Å². The van der Waals surface area contributed by atoms with Crippen LogP contribution in [0.25, 0.3) is 0 Å². The lowest BCUT2D eigenvalue weighted by Gasteiger charge is -2.22. The van der Waals surface area contributed by atoms with E-state index in [1.807, 2.05) is 35.2 Å². The van der Waals surface area contributed by atoms with Crippen LogP contribution >= 0.6 is 0 Å². The number of nitrogens with zero attached hydrogens (tertiary/aromatic N) is 2. The quantitative estimate of drug-likeness (QED) is 0.725. The van der Waals surface area contributed by atoms with Crippen molar-refractivity contribution in [1.82, 2.24) is 15.1 Å². The molecule has 0 unspecified atom stereocenters. The molecule has 2 aromatic carbocycles. The summed E-state index contributed by atoms with van der Waals surface area (Å²) in [6.45, 7) is 3.69. The van der Waals surface area contributed by atoms with Crippen LogP contribution in [0.2, 0.25) is 0 Å². The molecule has 3 rings (SSSR count).